The molecule has 1 aliphatic heterocycles. The number of nitrogens with one attached hydrogen (secondary N) is 2. The number of amides is 1. The van der Waals surface area contributed by atoms with Gasteiger partial charge >= 0.3 is 0 Å². The number of carbonyl (C=O) groups excluding carboxylic acids is 1. The van der Waals surface area contributed by atoms with Crippen LogP contribution in [0.1, 0.15) is 42.2 Å². The van der Waals surface area contributed by atoms with E-state index in [9.17, 15) is 4.79 Å². The monoisotopic (exact) mass is 370 g/mol. The summed E-state index contributed by atoms with van der Waals surface area (Å²) in [5.74, 6) is 0.282. The van der Waals surface area contributed by atoms with Crippen LogP contribution in [0.3, 0.4) is 0 Å². The van der Waals surface area contributed by atoms with Gasteiger partial charge in [0.15, 0.2) is 0 Å². The highest BCUT2D eigenvalue weighted by Gasteiger charge is 2.27. The summed E-state index contributed by atoms with van der Waals surface area (Å²) >= 11 is 0. The first-order valence-electron chi connectivity index (χ1n) is 9.93. The third-order valence-corrected chi connectivity index (χ3v) is 5.53. The van der Waals surface area contributed by atoms with E-state index >= 15 is 0 Å². The summed E-state index contributed by atoms with van der Waals surface area (Å²) in [6, 6.07) is 26.9. The highest BCUT2D eigenvalue weighted by atomic mass is 16.1. The van der Waals surface area contributed by atoms with Gasteiger partial charge in [0, 0.05) is 11.7 Å². The second-order valence-electron chi connectivity index (χ2n) is 7.74. The molecule has 3 unspecified atom stereocenters. The second kappa shape index (κ2) is 7.89. The number of anilines is 1. The number of hydrogen-bond acceptors (Lipinski definition) is 2. The van der Waals surface area contributed by atoms with E-state index in [4.69, 9.17) is 0 Å². The predicted octanol–water partition coefficient (Wildman–Crippen LogP) is 5.66. The van der Waals surface area contributed by atoms with Gasteiger partial charge in [-0.3, -0.25) is 4.79 Å². The Morgan fingerprint density at radius 3 is 2.14 bits per heavy atom. The third-order valence-electron chi connectivity index (χ3n) is 5.53. The van der Waals surface area contributed by atoms with Crippen molar-refractivity contribution < 1.29 is 4.79 Å². The summed E-state index contributed by atoms with van der Waals surface area (Å²) in [7, 11) is 0. The highest BCUT2D eigenvalue weighted by Crippen LogP contribution is 2.31. The van der Waals surface area contributed by atoms with Crippen LogP contribution in [0.25, 0.3) is 11.1 Å². The van der Waals surface area contributed by atoms with E-state index in [0.717, 1.165) is 17.7 Å². The van der Waals surface area contributed by atoms with Crippen molar-refractivity contribution in [2.75, 3.05) is 5.32 Å². The Labute approximate surface area is 166 Å². The Hall–Kier alpha value is -3.07. The fourth-order valence-corrected chi connectivity index (χ4v) is 4.11. The molecule has 3 atom stereocenters. The number of fused-ring (bicyclic) bond motifs is 1. The molecule has 0 spiro atoms. The molecule has 0 radical (unpaired) electrons. The Morgan fingerprint density at radius 1 is 0.750 bits per heavy atom. The number of rotatable bonds is 2. The molecule has 1 heterocycles. The standard InChI is InChI=1S/C25H26N2O/c1-17-16-18(2)26-23-11-7-6-10-22(23)25(28)27-24(17)21-14-12-20(13-15-21)19-8-4-3-5-9-19/h3-15,17-18,24,26H,16H2,1-2H3,(H,27,28). The van der Waals surface area contributed by atoms with Crippen LogP contribution in [-0.2, 0) is 0 Å². The fourth-order valence-electron chi connectivity index (χ4n) is 4.11. The largest absolute Gasteiger partial charge is 0.382 e. The molecule has 142 valence electrons. The molecule has 0 aromatic heterocycles. The summed E-state index contributed by atoms with van der Waals surface area (Å²) in [5, 5.41) is 6.79. The molecular formula is C25H26N2O. The van der Waals surface area contributed by atoms with Gasteiger partial charge in [0.2, 0.25) is 0 Å². The zero-order valence-corrected chi connectivity index (χ0v) is 16.4. The zero-order chi connectivity index (χ0) is 19.5. The van der Waals surface area contributed by atoms with Gasteiger partial charge in [-0.25, -0.2) is 0 Å². The topological polar surface area (TPSA) is 41.1 Å². The molecule has 0 bridgehead atoms. The first kappa shape index (κ1) is 18.3. The van der Waals surface area contributed by atoms with Crippen LogP contribution in [0, 0.1) is 5.92 Å². The number of para-hydroxylation sites is 1. The van der Waals surface area contributed by atoms with Crippen LogP contribution in [0.5, 0.6) is 0 Å². The van der Waals surface area contributed by atoms with Crippen molar-refractivity contribution in [2.24, 2.45) is 5.92 Å². The molecule has 4 rings (SSSR count). The zero-order valence-electron chi connectivity index (χ0n) is 16.4. The molecular weight excluding hydrogens is 344 g/mol. The minimum atomic E-state index is -0.0267. The van der Waals surface area contributed by atoms with Gasteiger partial charge in [-0.15, -0.1) is 0 Å². The van der Waals surface area contributed by atoms with Crippen LogP contribution in [0.4, 0.5) is 5.69 Å². The molecule has 3 aromatic carbocycles. The highest BCUT2D eigenvalue weighted by molar-refractivity contribution is 6.00. The number of hydrogen-bond donors (Lipinski definition) is 2. The number of carbonyl (C=O) groups is 1. The molecule has 3 nitrogen and oxygen atoms in total. The Balaban J connectivity index is 1.65. The van der Waals surface area contributed by atoms with E-state index in [1.807, 2.05) is 30.3 Å². The second-order valence-corrected chi connectivity index (χ2v) is 7.74. The molecule has 3 heteroatoms. The van der Waals surface area contributed by atoms with Gasteiger partial charge in [0.25, 0.3) is 5.91 Å². The summed E-state index contributed by atoms with van der Waals surface area (Å²) in [6.45, 7) is 4.39. The lowest BCUT2D eigenvalue weighted by molar-refractivity contribution is 0.0924. The van der Waals surface area contributed by atoms with Crippen molar-refractivity contribution in [2.45, 2.75) is 32.4 Å². The SMILES string of the molecule is CC1CC(C)C(c2ccc(-c3ccccc3)cc2)NC(=O)c2ccccc2N1. The van der Waals surface area contributed by atoms with Gasteiger partial charge in [-0.2, -0.15) is 0 Å². The first-order valence-corrected chi connectivity index (χ1v) is 9.93. The average Bonchev–Trinajstić information content (AvgIpc) is 2.76. The van der Waals surface area contributed by atoms with Crippen molar-refractivity contribution in [3.05, 3.63) is 90.0 Å². The van der Waals surface area contributed by atoms with Crippen molar-refractivity contribution in [3.63, 3.8) is 0 Å². The molecule has 1 aliphatic rings. The van der Waals surface area contributed by atoms with Crippen LogP contribution < -0.4 is 10.6 Å². The van der Waals surface area contributed by atoms with E-state index in [1.54, 1.807) is 0 Å². The van der Waals surface area contributed by atoms with Gasteiger partial charge in [0.1, 0.15) is 0 Å². The molecule has 3 aromatic rings. The molecule has 0 aliphatic carbocycles. The van der Waals surface area contributed by atoms with E-state index in [0.29, 0.717) is 11.5 Å². The lowest BCUT2D eigenvalue weighted by Crippen LogP contribution is -2.32. The van der Waals surface area contributed by atoms with E-state index < -0.39 is 0 Å². The first-order chi connectivity index (χ1) is 13.6. The minimum absolute atomic E-state index is 0.0206. The number of benzene rings is 3. The lowest BCUT2D eigenvalue weighted by atomic mass is 9.88. The Morgan fingerprint density at radius 2 is 1.39 bits per heavy atom. The van der Waals surface area contributed by atoms with E-state index in [1.165, 1.54) is 11.1 Å². The summed E-state index contributed by atoms with van der Waals surface area (Å²) in [5.41, 5.74) is 5.14. The maximum absolute atomic E-state index is 13.0. The van der Waals surface area contributed by atoms with Crippen molar-refractivity contribution in [1.29, 1.82) is 0 Å². The van der Waals surface area contributed by atoms with Crippen molar-refractivity contribution in [1.82, 2.24) is 5.32 Å². The van der Waals surface area contributed by atoms with Crippen LogP contribution in [0.15, 0.2) is 78.9 Å². The van der Waals surface area contributed by atoms with Crippen molar-refractivity contribution in [3.8, 4) is 11.1 Å². The molecule has 0 saturated heterocycles. The minimum Gasteiger partial charge on any atom is -0.382 e. The Kier molecular flexibility index (Phi) is 5.16. The summed E-state index contributed by atoms with van der Waals surface area (Å²) < 4.78 is 0. The van der Waals surface area contributed by atoms with Gasteiger partial charge in [-0.05, 0) is 48.1 Å². The Bertz CT molecular complexity index is 950. The van der Waals surface area contributed by atoms with Crippen LogP contribution in [-0.4, -0.2) is 11.9 Å². The summed E-state index contributed by atoms with van der Waals surface area (Å²) in [4.78, 5) is 13.0. The molecule has 2 N–H and O–H groups in total. The van der Waals surface area contributed by atoms with Gasteiger partial charge < -0.3 is 10.6 Å². The lowest BCUT2D eigenvalue weighted by Gasteiger charge is -2.27. The van der Waals surface area contributed by atoms with Crippen LogP contribution >= 0.6 is 0 Å². The molecule has 0 fully saturated rings. The quantitative estimate of drug-likeness (QED) is 0.611. The van der Waals surface area contributed by atoms with E-state index in [-0.39, 0.29) is 18.0 Å². The maximum Gasteiger partial charge on any atom is 0.253 e. The third kappa shape index (κ3) is 3.79. The molecule has 28 heavy (non-hydrogen) atoms. The smallest absolute Gasteiger partial charge is 0.253 e. The molecule has 1 amide bonds. The van der Waals surface area contributed by atoms with Crippen LogP contribution in [0.2, 0.25) is 0 Å². The van der Waals surface area contributed by atoms with Crippen molar-refractivity contribution >= 4 is 11.6 Å². The van der Waals surface area contributed by atoms with Gasteiger partial charge in [-0.1, -0.05) is 73.7 Å². The van der Waals surface area contributed by atoms with Gasteiger partial charge in [0.05, 0.1) is 11.6 Å². The predicted molar refractivity (Wildman–Crippen MR) is 115 cm³/mol. The molecule has 0 saturated carbocycles. The maximum atomic E-state index is 13.0. The normalized spacial score (nSPS) is 22.1. The fraction of sp³-hybridized carbons (Fsp3) is 0.240. The van der Waals surface area contributed by atoms with E-state index in [2.05, 4.69) is 73.0 Å². The summed E-state index contributed by atoms with van der Waals surface area (Å²) in [6.07, 6.45) is 0.972. The average molecular weight is 370 g/mol.